The Balaban J connectivity index is 1.62. The van der Waals surface area contributed by atoms with Gasteiger partial charge in [0, 0.05) is 47.5 Å². The number of hydrogen-bond donors (Lipinski definition) is 2. The van der Waals surface area contributed by atoms with Crippen LogP contribution in [0.4, 0.5) is 8.78 Å². The van der Waals surface area contributed by atoms with E-state index in [-0.39, 0.29) is 23.9 Å². The zero-order chi connectivity index (χ0) is 24.8. The van der Waals surface area contributed by atoms with Gasteiger partial charge in [0.05, 0.1) is 5.71 Å². The zero-order valence-corrected chi connectivity index (χ0v) is 19.7. The Hall–Kier alpha value is -3.61. The molecule has 1 saturated carbocycles. The number of amides is 1. The molecule has 0 bridgehead atoms. The number of pyridine rings is 1. The van der Waals surface area contributed by atoms with Gasteiger partial charge in [-0.05, 0) is 61.2 Å². The van der Waals surface area contributed by atoms with Crippen molar-refractivity contribution in [3.63, 3.8) is 0 Å². The molecule has 3 aromatic rings. The van der Waals surface area contributed by atoms with Crippen LogP contribution >= 0.6 is 0 Å². The van der Waals surface area contributed by atoms with Crippen molar-refractivity contribution in [1.82, 2.24) is 10.3 Å². The highest BCUT2D eigenvalue weighted by Crippen LogP contribution is 2.32. The van der Waals surface area contributed by atoms with Gasteiger partial charge in [-0.25, -0.2) is 8.78 Å². The largest absolute Gasteiger partial charge is 0.411 e. The van der Waals surface area contributed by atoms with Gasteiger partial charge in [-0.15, -0.1) is 0 Å². The van der Waals surface area contributed by atoms with E-state index in [4.69, 9.17) is 0 Å². The van der Waals surface area contributed by atoms with Crippen LogP contribution in [0.1, 0.15) is 77.2 Å². The van der Waals surface area contributed by atoms with Crippen molar-refractivity contribution in [2.75, 3.05) is 0 Å². The normalized spacial score (nSPS) is 15.6. The maximum atomic E-state index is 14.9. The minimum atomic E-state index is -0.683. The Morgan fingerprint density at radius 3 is 2.46 bits per heavy atom. The maximum absolute atomic E-state index is 14.9. The first-order valence-electron chi connectivity index (χ1n) is 11.9. The Morgan fingerprint density at radius 1 is 1.06 bits per heavy atom. The molecule has 35 heavy (non-hydrogen) atoms. The maximum Gasteiger partial charge on any atom is 0.251 e. The average Bonchev–Trinajstić information content (AvgIpc) is 2.86. The van der Waals surface area contributed by atoms with Crippen LogP contribution in [0.3, 0.4) is 0 Å². The monoisotopic (exact) mass is 477 g/mol. The molecule has 5 nitrogen and oxygen atoms in total. The molecular weight excluding hydrogens is 448 g/mol. The molecule has 182 valence electrons. The quantitative estimate of drug-likeness (QED) is 0.244. The summed E-state index contributed by atoms with van der Waals surface area (Å²) in [5.41, 5.74) is 3.29. The molecule has 4 rings (SSSR count). The molecule has 0 radical (unpaired) electrons. The Labute approximate surface area is 203 Å². The number of benzene rings is 2. The Kier molecular flexibility index (Phi) is 7.85. The van der Waals surface area contributed by atoms with E-state index in [2.05, 4.69) is 15.5 Å². The lowest BCUT2D eigenvalue weighted by molar-refractivity contribution is 0.0927. The van der Waals surface area contributed by atoms with E-state index >= 15 is 0 Å². The molecule has 1 heterocycles. The van der Waals surface area contributed by atoms with E-state index < -0.39 is 17.6 Å². The van der Waals surface area contributed by atoms with Crippen molar-refractivity contribution in [1.29, 1.82) is 0 Å². The second-order valence-corrected chi connectivity index (χ2v) is 9.09. The van der Waals surface area contributed by atoms with E-state index in [9.17, 15) is 18.8 Å². The molecule has 1 unspecified atom stereocenters. The average molecular weight is 478 g/mol. The minimum Gasteiger partial charge on any atom is -0.411 e. The van der Waals surface area contributed by atoms with Crippen LogP contribution in [0.2, 0.25) is 0 Å². The number of aromatic nitrogens is 1. The van der Waals surface area contributed by atoms with Crippen LogP contribution in [0, 0.1) is 18.6 Å². The fraction of sp³-hybridized carbons (Fsp3) is 0.321. The van der Waals surface area contributed by atoms with E-state index in [1.54, 1.807) is 42.6 Å². The number of carbonyl (C=O) groups excluding carboxylic acids is 1. The summed E-state index contributed by atoms with van der Waals surface area (Å²) in [6, 6.07) is 14.2. The van der Waals surface area contributed by atoms with Crippen molar-refractivity contribution in [2.24, 2.45) is 5.16 Å². The molecule has 2 aromatic carbocycles. The topological polar surface area (TPSA) is 74.6 Å². The summed E-state index contributed by atoms with van der Waals surface area (Å²) in [4.78, 5) is 16.9. The molecule has 1 aliphatic rings. The van der Waals surface area contributed by atoms with Crippen molar-refractivity contribution < 1.29 is 18.8 Å². The molecule has 0 spiro atoms. The summed E-state index contributed by atoms with van der Waals surface area (Å²) in [6.07, 6.45) is 7.22. The molecule has 1 aliphatic carbocycles. The summed E-state index contributed by atoms with van der Waals surface area (Å²) >= 11 is 0. The molecule has 1 atom stereocenters. The highest BCUT2D eigenvalue weighted by atomic mass is 19.1. The fourth-order valence-electron chi connectivity index (χ4n) is 4.71. The number of halogens is 2. The Bertz CT molecular complexity index is 1210. The van der Waals surface area contributed by atoms with Gasteiger partial charge in [-0.1, -0.05) is 42.6 Å². The lowest BCUT2D eigenvalue weighted by Crippen LogP contribution is -2.36. The van der Waals surface area contributed by atoms with Crippen molar-refractivity contribution >= 4 is 11.6 Å². The van der Waals surface area contributed by atoms with Crippen LogP contribution in [0.25, 0.3) is 0 Å². The number of aryl methyl sites for hydroxylation is 1. The van der Waals surface area contributed by atoms with Gasteiger partial charge in [-0.3, -0.25) is 9.78 Å². The fourth-order valence-corrected chi connectivity index (χ4v) is 4.71. The third kappa shape index (κ3) is 6.10. The van der Waals surface area contributed by atoms with Crippen LogP contribution in [-0.2, 0) is 0 Å². The summed E-state index contributed by atoms with van der Waals surface area (Å²) in [5.74, 6) is -2.04. The van der Waals surface area contributed by atoms with Gasteiger partial charge in [0.15, 0.2) is 0 Å². The number of nitrogens with one attached hydrogen (secondary N) is 1. The van der Waals surface area contributed by atoms with Crippen LogP contribution in [0.5, 0.6) is 0 Å². The molecular formula is C28H29F2N3O2. The highest BCUT2D eigenvalue weighted by molar-refractivity contribution is 6.01. The number of hydrogen-bond acceptors (Lipinski definition) is 4. The first-order chi connectivity index (χ1) is 16.9. The molecule has 0 saturated heterocycles. The summed E-state index contributed by atoms with van der Waals surface area (Å²) in [5, 5.41) is 16.3. The van der Waals surface area contributed by atoms with Crippen molar-refractivity contribution in [2.45, 2.75) is 57.4 Å². The van der Waals surface area contributed by atoms with Gasteiger partial charge in [0.1, 0.15) is 11.6 Å². The first-order valence-corrected chi connectivity index (χ1v) is 11.9. The predicted octanol–water partition coefficient (Wildman–Crippen LogP) is 6.13. The van der Waals surface area contributed by atoms with Crippen molar-refractivity contribution in [3.8, 4) is 0 Å². The highest BCUT2D eigenvalue weighted by Gasteiger charge is 2.23. The summed E-state index contributed by atoms with van der Waals surface area (Å²) < 4.78 is 28.5. The Morgan fingerprint density at radius 2 is 1.80 bits per heavy atom. The van der Waals surface area contributed by atoms with Crippen LogP contribution in [0.15, 0.2) is 65.9 Å². The second kappa shape index (κ2) is 11.2. The van der Waals surface area contributed by atoms with Gasteiger partial charge in [0.2, 0.25) is 0 Å². The van der Waals surface area contributed by atoms with Crippen LogP contribution in [-0.4, -0.2) is 27.9 Å². The van der Waals surface area contributed by atoms with Gasteiger partial charge < -0.3 is 10.5 Å². The smallest absolute Gasteiger partial charge is 0.251 e. The molecule has 1 fully saturated rings. The van der Waals surface area contributed by atoms with Crippen molar-refractivity contribution in [3.05, 3.63) is 100 Å². The number of rotatable bonds is 7. The number of carbonyl (C=O) groups is 1. The SMILES string of the molecule is Cc1cc(/C(CC(c2ccc(C(=O)NC3CCCCC3)cc2)c2ccc(F)cc2F)=N\O)ccn1. The lowest BCUT2D eigenvalue weighted by Gasteiger charge is -2.23. The minimum absolute atomic E-state index is 0.127. The third-order valence-electron chi connectivity index (χ3n) is 6.60. The van der Waals surface area contributed by atoms with Gasteiger partial charge in [-0.2, -0.15) is 0 Å². The van der Waals surface area contributed by atoms with E-state index in [0.29, 0.717) is 16.8 Å². The second-order valence-electron chi connectivity index (χ2n) is 9.09. The van der Waals surface area contributed by atoms with Gasteiger partial charge >= 0.3 is 0 Å². The third-order valence-corrected chi connectivity index (χ3v) is 6.60. The molecule has 0 aliphatic heterocycles. The first kappa shape index (κ1) is 24.5. The predicted molar refractivity (Wildman–Crippen MR) is 131 cm³/mol. The van der Waals surface area contributed by atoms with E-state index in [1.165, 1.54) is 18.6 Å². The zero-order valence-electron chi connectivity index (χ0n) is 19.7. The lowest BCUT2D eigenvalue weighted by atomic mass is 9.84. The number of oxime groups is 1. The standard InChI is InChI=1S/C28H29F2N3O2/c1-18-15-21(13-14-31-18)27(33-35)17-25(24-12-11-22(29)16-26(24)30)19-7-9-20(10-8-19)28(34)32-23-5-3-2-4-6-23/h7-16,23,25,35H,2-6,17H2,1H3,(H,32,34)/b33-27-. The molecule has 2 N–H and O–H groups in total. The van der Waals surface area contributed by atoms with E-state index in [0.717, 1.165) is 43.0 Å². The van der Waals surface area contributed by atoms with Gasteiger partial charge in [0.25, 0.3) is 5.91 Å². The van der Waals surface area contributed by atoms with Crippen LogP contribution < -0.4 is 5.32 Å². The summed E-state index contributed by atoms with van der Waals surface area (Å²) in [7, 11) is 0. The molecule has 1 aromatic heterocycles. The van der Waals surface area contributed by atoms with E-state index in [1.807, 2.05) is 6.92 Å². The molecule has 1 amide bonds. The number of nitrogens with zero attached hydrogens (tertiary/aromatic N) is 2. The summed E-state index contributed by atoms with van der Waals surface area (Å²) in [6.45, 7) is 1.83. The molecule has 7 heteroatoms.